The molecule has 0 amide bonds. The zero-order valence-corrected chi connectivity index (χ0v) is 11.9. The van der Waals surface area contributed by atoms with E-state index in [9.17, 15) is 0 Å². The third-order valence-electron chi connectivity index (χ3n) is 4.91. The molecule has 1 aromatic carbocycles. The van der Waals surface area contributed by atoms with Crippen LogP contribution in [0.25, 0.3) is 0 Å². The predicted molar refractivity (Wildman–Crippen MR) is 79.5 cm³/mol. The maximum Gasteiger partial charge on any atom is 0.128 e. The van der Waals surface area contributed by atoms with Crippen LogP contribution in [0, 0.1) is 11.3 Å². The first-order valence-electron chi connectivity index (χ1n) is 7.74. The van der Waals surface area contributed by atoms with Gasteiger partial charge in [0, 0.05) is 18.2 Å². The van der Waals surface area contributed by atoms with E-state index in [1.165, 1.54) is 44.1 Å². The summed E-state index contributed by atoms with van der Waals surface area (Å²) in [5, 5.41) is 8.47. The molecule has 0 bridgehead atoms. The average molecular weight is 256 g/mol. The highest BCUT2D eigenvalue weighted by molar-refractivity contribution is 6.00. The molecule has 0 spiro atoms. The molecule has 19 heavy (non-hydrogen) atoms. The maximum absolute atomic E-state index is 8.47. The third-order valence-corrected chi connectivity index (χ3v) is 4.91. The van der Waals surface area contributed by atoms with Crippen molar-refractivity contribution in [1.29, 1.82) is 5.41 Å². The lowest BCUT2D eigenvalue weighted by molar-refractivity contribution is 0.177. The minimum absolute atomic E-state index is 0.570. The van der Waals surface area contributed by atoms with E-state index in [0.717, 1.165) is 23.9 Å². The van der Waals surface area contributed by atoms with Gasteiger partial charge in [-0.1, -0.05) is 50.5 Å². The van der Waals surface area contributed by atoms with Gasteiger partial charge in [-0.3, -0.25) is 5.41 Å². The van der Waals surface area contributed by atoms with Gasteiger partial charge in [-0.05, 0) is 30.7 Å². The fraction of sp³-hybridized carbons (Fsp3) is 0.588. The Hall–Kier alpha value is -1.31. The normalized spacial score (nSPS) is 21.5. The lowest BCUT2D eigenvalue weighted by Gasteiger charge is -2.37. The van der Waals surface area contributed by atoms with Gasteiger partial charge in [0.1, 0.15) is 5.84 Å². The average Bonchev–Trinajstić information content (AvgIpc) is 2.79. The molecule has 2 aliphatic rings. The molecule has 1 unspecified atom stereocenters. The number of hydrogen-bond donors (Lipinski definition) is 1. The van der Waals surface area contributed by atoms with E-state index in [-0.39, 0.29) is 0 Å². The SMILES string of the molecule is CCC(C1CCCCC1)N1Cc2ccccc2C1=N. The number of rotatable bonds is 3. The van der Waals surface area contributed by atoms with Crippen LogP contribution in [0.3, 0.4) is 0 Å². The second kappa shape index (κ2) is 5.36. The summed E-state index contributed by atoms with van der Waals surface area (Å²) < 4.78 is 0. The fourth-order valence-electron chi connectivity index (χ4n) is 3.92. The van der Waals surface area contributed by atoms with E-state index < -0.39 is 0 Å². The van der Waals surface area contributed by atoms with E-state index in [1.807, 2.05) is 0 Å². The second-order valence-corrected chi connectivity index (χ2v) is 6.01. The van der Waals surface area contributed by atoms with Gasteiger partial charge in [0.25, 0.3) is 0 Å². The number of amidine groups is 1. The van der Waals surface area contributed by atoms with Crippen LogP contribution >= 0.6 is 0 Å². The van der Waals surface area contributed by atoms with Gasteiger partial charge in [0.15, 0.2) is 0 Å². The van der Waals surface area contributed by atoms with E-state index in [2.05, 4.69) is 36.1 Å². The molecule has 102 valence electrons. The molecule has 0 saturated heterocycles. The van der Waals surface area contributed by atoms with E-state index in [4.69, 9.17) is 5.41 Å². The van der Waals surface area contributed by atoms with Crippen LogP contribution in [0.15, 0.2) is 24.3 Å². The van der Waals surface area contributed by atoms with Crippen LogP contribution in [-0.4, -0.2) is 16.8 Å². The Bertz CT molecular complexity index is 460. The Balaban J connectivity index is 1.80. The molecule has 1 fully saturated rings. The maximum atomic E-state index is 8.47. The fourth-order valence-corrected chi connectivity index (χ4v) is 3.92. The number of nitrogens with one attached hydrogen (secondary N) is 1. The van der Waals surface area contributed by atoms with Gasteiger partial charge in [0.05, 0.1) is 0 Å². The molecule has 1 N–H and O–H groups in total. The smallest absolute Gasteiger partial charge is 0.128 e. The van der Waals surface area contributed by atoms with Gasteiger partial charge in [-0.25, -0.2) is 0 Å². The van der Waals surface area contributed by atoms with Crippen LogP contribution < -0.4 is 0 Å². The highest BCUT2D eigenvalue weighted by Gasteiger charge is 2.33. The third kappa shape index (κ3) is 2.29. The number of fused-ring (bicyclic) bond motifs is 1. The van der Waals surface area contributed by atoms with Crippen LogP contribution in [0.1, 0.15) is 56.6 Å². The summed E-state index contributed by atoms with van der Waals surface area (Å²) in [6.07, 6.45) is 8.06. The summed E-state index contributed by atoms with van der Waals surface area (Å²) in [6.45, 7) is 3.24. The molecule has 2 heteroatoms. The van der Waals surface area contributed by atoms with Crippen molar-refractivity contribution in [2.45, 2.75) is 58.0 Å². The quantitative estimate of drug-likeness (QED) is 0.862. The molecule has 1 aromatic rings. The topological polar surface area (TPSA) is 27.1 Å². The molecule has 1 aliphatic carbocycles. The van der Waals surface area contributed by atoms with Crippen molar-refractivity contribution in [3.05, 3.63) is 35.4 Å². The number of benzene rings is 1. The first kappa shape index (κ1) is 12.7. The van der Waals surface area contributed by atoms with Crippen LogP contribution in [0.5, 0.6) is 0 Å². The van der Waals surface area contributed by atoms with Gasteiger partial charge in [0.2, 0.25) is 0 Å². The van der Waals surface area contributed by atoms with Crippen molar-refractivity contribution < 1.29 is 0 Å². The van der Waals surface area contributed by atoms with Crippen molar-refractivity contribution in [2.75, 3.05) is 0 Å². The Morgan fingerprint density at radius 3 is 2.63 bits per heavy atom. The largest absolute Gasteiger partial charge is 0.349 e. The summed E-state index contributed by atoms with van der Waals surface area (Å²) in [4.78, 5) is 2.36. The number of hydrogen-bond acceptors (Lipinski definition) is 1. The van der Waals surface area contributed by atoms with Gasteiger partial charge < -0.3 is 4.90 Å². The summed E-state index contributed by atoms with van der Waals surface area (Å²) in [6, 6.07) is 9.00. The zero-order chi connectivity index (χ0) is 13.2. The van der Waals surface area contributed by atoms with Crippen molar-refractivity contribution in [3.8, 4) is 0 Å². The van der Waals surface area contributed by atoms with Crippen molar-refractivity contribution in [2.24, 2.45) is 5.92 Å². The van der Waals surface area contributed by atoms with Crippen LogP contribution in [-0.2, 0) is 6.54 Å². The second-order valence-electron chi connectivity index (χ2n) is 6.01. The Labute approximate surface area is 116 Å². The highest BCUT2D eigenvalue weighted by Crippen LogP contribution is 2.34. The highest BCUT2D eigenvalue weighted by atomic mass is 15.2. The minimum Gasteiger partial charge on any atom is -0.349 e. The molecule has 1 heterocycles. The molecule has 1 atom stereocenters. The Kier molecular flexibility index (Phi) is 3.58. The van der Waals surface area contributed by atoms with Gasteiger partial charge in [-0.15, -0.1) is 0 Å². The molecule has 0 radical (unpaired) electrons. The first-order chi connectivity index (χ1) is 9.31. The molecule has 1 aliphatic heterocycles. The number of nitrogens with zero attached hydrogens (tertiary/aromatic N) is 1. The first-order valence-corrected chi connectivity index (χ1v) is 7.74. The molecule has 3 rings (SSSR count). The summed E-state index contributed by atoms with van der Waals surface area (Å²) in [5.74, 6) is 1.56. The summed E-state index contributed by atoms with van der Waals surface area (Å²) >= 11 is 0. The molecule has 0 aromatic heterocycles. The molecule has 2 nitrogen and oxygen atoms in total. The van der Waals surface area contributed by atoms with E-state index in [0.29, 0.717) is 6.04 Å². The Morgan fingerprint density at radius 1 is 1.21 bits per heavy atom. The zero-order valence-electron chi connectivity index (χ0n) is 11.9. The van der Waals surface area contributed by atoms with Crippen molar-refractivity contribution in [1.82, 2.24) is 4.90 Å². The minimum atomic E-state index is 0.570. The monoisotopic (exact) mass is 256 g/mol. The Morgan fingerprint density at radius 2 is 1.95 bits per heavy atom. The summed E-state index contributed by atoms with van der Waals surface area (Å²) in [5.41, 5.74) is 2.48. The van der Waals surface area contributed by atoms with E-state index >= 15 is 0 Å². The lowest BCUT2D eigenvalue weighted by atomic mass is 9.82. The van der Waals surface area contributed by atoms with Crippen LogP contribution in [0.2, 0.25) is 0 Å². The van der Waals surface area contributed by atoms with E-state index in [1.54, 1.807) is 0 Å². The standard InChI is InChI=1S/C17H24N2/c1-2-16(13-8-4-3-5-9-13)19-12-14-10-6-7-11-15(14)17(19)18/h6-7,10-11,13,16,18H,2-5,8-9,12H2,1H3. The molecular formula is C17H24N2. The van der Waals surface area contributed by atoms with Gasteiger partial charge in [-0.2, -0.15) is 0 Å². The molecule has 1 saturated carbocycles. The lowest BCUT2D eigenvalue weighted by Crippen LogP contribution is -2.41. The van der Waals surface area contributed by atoms with Crippen molar-refractivity contribution >= 4 is 5.84 Å². The van der Waals surface area contributed by atoms with Crippen molar-refractivity contribution in [3.63, 3.8) is 0 Å². The van der Waals surface area contributed by atoms with Gasteiger partial charge >= 0.3 is 0 Å². The molecular weight excluding hydrogens is 232 g/mol. The summed E-state index contributed by atoms with van der Waals surface area (Å²) in [7, 11) is 0. The van der Waals surface area contributed by atoms with Crippen LogP contribution in [0.4, 0.5) is 0 Å². The predicted octanol–water partition coefficient (Wildman–Crippen LogP) is 4.19.